The van der Waals surface area contributed by atoms with Gasteiger partial charge in [-0.25, -0.2) is 9.18 Å². The number of fused-ring (bicyclic) bond motifs is 4. The maximum atomic E-state index is 15.8. The highest BCUT2D eigenvalue weighted by Gasteiger charge is 2.48. The number of ether oxygens (including phenoxy) is 4. The average molecular weight is 733 g/mol. The normalized spacial score (nSPS) is 18.7. The van der Waals surface area contributed by atoms with Crippen LogP contribution in [-0.4, -0.2) is 81.8 Å². The highest BCUT2D eigenvalue weighted by Crippen LogP contribution is 2.53. The third-order valence-electron chi connectivity index (χ3n) is 10.6. The van der Waals surface area contributed by atoms with Crippen molar-refractivity contribution in [3.63, 3.8) is 0 Å². The number of methoxy groups -OCH3 is 1. The first kappa shape index (κ1) is 35.6. The Morgan fingerprint density at radius 3 is 2.52 bits per heavy atom. The zero-order valence-electron chi connectivity index (χ0n) is 31.5. The molecular formula is C42H45FN6O5. The van der Waals surface area contributed by atoms with Crippen LogP contribution in [0.25, 0.3) is 32.9 Å². The van der Waals surface area contributed by atoms with Crippen molar-refractivity contribution < 1.29 is 28.1 Å². The lowest BCUT2D eigenvalue weighted by atomic mass is 9.88. The first-order valence-corrected chi connectivity index (χ1v) is 18.5. The van der Waals surface area contributed by atoms with Crippen molar-refractivity contribution in [1.82, 2.24) is 25.1 Å². The van der Waals surface area contributed by atoms with E-state index in [-0.39, 0.29) is 55.2 Å². The van der Waals surface area contributed by atoms with Gasteiger partial charge in [-0.05, 0) is 101 Å². The number of terminal acetylenes is 1. The summed E-state index contributed by atoms with van der Waals surface area (Å²) in [6.07, 6.45) is 9.63. The van der Waals surface area contributed by atoms with E-state index >= 15 is 4.39 Å². The largest absolute Gasteiger partial charge is 0.486 e. The Kier molecular flexibility index (Phi) is 9.09. The van der Waals surface area contributed by atoms with E-state index in [2.05, 4.69) is 27.1 Å². The monoisotopic (exact) mass is 732 g/mol. The zero-order chi connectivity index (χ0) is 37.9. The van der Waals surface area contributed by atoms with Gasteiger partial charge >= 0.3 is 12.1 Å². The number of aromatic nitrogens is 4. The summed E-state index contributed by atoms with van der Waals surface area (Å²) in [5, 5.41) is 8.86. The van der Waals surface area contributed by atoms with Crippen LogP contribution in [0.2, 0.25) is 0 Å². The number of nitrogens with zero attached hydrogens (tertiary/aromatic N) is 5. The standard InChI is InChI=1S/C42H45FN6O5/c1-8-25-9-11-26(12-10-25)22-52-38-36(35-24(3)33(43)17-34-32(35)18-44-47-34)30(27-13-14-27)16-31-37(38)45-40(53-21-23(2)51-7)46-39(31)48-19-29-15-28(48)20-49(29)41(50)54-42(4,5)6/h1,9-12,16-18,23,27-29H,13-15,19-22H2,2-7H3,(H,44,47)/t23-,28+,29+/m1/s1. The quantitative estimate of drug-likeness (QED) is 0.145. The van der Waals surface area contributed by atoms with Crippen LogP contribution in [0.3, 0.4) is 0 Å². The Labute approximate surface area is 314 Å². The number of aromatic amines is 1. The number of amides is 1. The second kappa shape index (κ2) is 13.8. The number of hydrogen-bond acceptors (Lipinski definition) is 9. The number of likely N-dealkylation sites (tertiary alicyclic amines) is 1. The maximum absolute atomic E-state index is 15.8. The molecule has 2 aromatic heterocycles. The van der Waals surface area contributed by atoms with Crippen LogP contribution in [0.4, 0.5) is 15.0 Å². The molecule has 3 aromatic carbocycles. The number of carbonyl (C=O) groups excluding carboxylic acids is 1. The van der Waals surface area contributed by atoms with E-state index in [1.165, 1.54) is 6.07 Å². The Morgan fingerprint density at radius 2 is 1.85 bits per heavy atom. The molecule has 54 heavy (non-hydrogen) atoms. The van der Waals surface area contributed by atoms with E-state index in [0.29, 0.717) is 46.8 Å². The van der Waals surface area contributed by atoms with Gasteiger partial charge in [-0.2, -0.15) is 15.1 Å². The SMILES string of the molecule is C#Cc1ccc(COc2c(-c3c(C)c(F)cc4[nH]ncc34)c(C3CC3)cc3c(N4C[C@@H]5C[C@H]4CN5C(=O)OC(C)(C)C)nc(OC[C@@H](C)OC)nc23)cc1. The number of piperazine rings is 1. The maximum Gasteiger partial charge on any atom is 0.410 e. The Balaban J connectivity index is 1.32. The van der Waals surface area contributed by atoms with E-state index in [0.717, 1.165) is 52.3 Å². The molecule has 280 valence electrons. The van der Waals surface area contributed by atoms with Gasteiger partial charge in [-0.3, -0.25) is 5.10 Å². The fourth-order valence-corrected chi connectivity index (χ4v) is 7.69. The second-order valence-corrected chi connectivity index (χ2v) is 15.7. The summed E-state index contributed by atoms with van der Waals surface area (Å²) in [6.45, 7) is 10.9. The minimum absolute atomic E-state index is 0.00507. The van der Waals surface area contributed by atoms with Gasteiger partial charge in [0.05, 0.1) is 29.9 Å². The molecule has 12 heteroatoms. The number of nitrogens with one attached hydrogen (secondary N) is 1. The van der Waals surface area contributed by atoms with Crippen LogP contribution in [0.15, 0.2) is 42.6 Å². The molecule has 1 aliphatic carbocycles. The van der Waals surface area contributed by atoms with Crippen molar-refractivity contribution in [2.75, 3.05) is 31.7 Å². The minimum Gasteiger partial charge on any atom is -0.486 e. The van der Waals surface area contributed by atoms with E-state index in [9.17, 15) is 4.79 Å². The molecule has 8 rings (SSSR count). The molecule has 1 saturated carbocycles. The van der Waals surface area contributed by atoms with Crippen molar-refractivity contribution in [2.45, 2.75) is 90.2 Å². The predicted octanol–water partition coefficient (Wildman–Crippen LogP) is 7.67. The molecule has 1 N–H and O–H groups in total. The Bertz CT molecular complexity index is 2290. The lowest BCUT2D eigenvalue weighted by Gasteiger charge is -2.36. The van der Waals surface area contributed by atoms with Gasteiger partial charge in [0.15, 0.2) is 5.75 Å². The fraction of sp³-hybridized carbons (Fsp3) is 0.429. The Hall–Kier alpha value is -5.41. The molecule has 3 aliphatic rings. The number of carbonyl (C=O) groups is 1. The van der Waals surface area contributed by atoms with Crippen molar-refractivity contribution in [3.05, 3.63) is 70.7 Å². The highest BCUT2D eigenvalue weighted by atomic mass is 19.1. The second-order valence-electron chi connectivity index (χ2n) is 15.7. The van der Waals surface area contributed by atoms with Gasteiger partial charge in [-0.15, -0.1) is 6.42 Å². The molecule has 4 heterocycles. The van der Waals surface area contributed by atoms with Crippen LogP contribution in [0, 0.1) is 25.1 Å². The van der Waals surface area contributed by atoms with Crippen molar-refractivity contribution in [1.29, 1.82) is 0 Å². The third-order valence-corrected chi connectivity index (χ3v) is 10.6. The molecule has 0 spiro atoms. The first-order chi connectivity index (χ1) is 25.9. The van der Waals surface area contributed by atoms with Gasteiger partial charge in [-0.1, -0.05) is 18.1 Å². The van der Waals surface area contributed by atoms with Crippen molar-refractivity contribution in [3.8, 4) is 35.2 Å². The molecule has 3 atom stereocenters. The molecular weight excluding hydrogens is 687 g/mol. The predicted molar refractivity (Wildman–Crippen MR) is 204 cm³/mol. The van der Waals surface area contributed by atoms with E-state index in [1.54, 1.807) is 20.2 Å². The number of halogens is 1. The summed E-state index contributed by atoms with van der Waals surface area (Å²) in [7, 11) is 1.63. The Morgan fingerprint density at radius 1 is 1.07 bits per heavy atom. The van der Waals surface area contributed by atoms with Crippen LogP contribution in [-0.2, 0) is 16.1 Å². The molecule has 0 unspecified atom stereocenters. The van der Waals surface area contributed by atoms with E-state index in [4.69, 9.17) is 35.3 Å². The molecule has 1 amide bonds. The minimum atomic E-state index is -0.592. The number of H-pyrrole nitrogens is 1. The highest BCUT2D eigenvalue weighted by molar-refractivity contribution is 6.06. The van der Waals surface area contributed by atoms with Crippen LogP contribution in [0.1, 0.15) is 75.1 Å². The fourth-order valence-electron chi connectivity index (χ4n) is 7.69. The molecule has 3 fully saturated rings. The van der Waals surface area contributed by atoms with Gasteiger partial charge in [0.2, 0.25) is 0 Å². The molecule has 2 aliphatic heterocycles. The van der Waals surface area contributed by atoms with Gasteiger partial charge in [0.25, 0.3) is 0 Å². The summed E-state index contributed by atoms with van der Waals surface area (Å²) in [6, 6.07) is 11.5. The molecule has 11 nitrogen and oxygen atoms in total. The van der Waals surface area contributed by atoms with E-state index in [1.807, 2.05) is 56.9 Å². The van der Waals surface area contributed by atoms with Gasteiger partial charge < -0.3 is 28.7 Å². The van der Waals surface area contributed by atoms with Gasteiger partial charge in [0.1, 0.15) is 36.0 Å². The topological polar surface area (TPSA) is 115 Å². The summed E-state index contributed by atoms with van der Waals surface area (Å²) < 4.78 is 40.2. The lowest BCUT2D eigenvalue weighted by molar-refractivity contribution is 0.0214. The zero-order valence-corrected chi connectivity index (χ0v) is 31.5. The third kappa shape index (κ3) is 6.66. The average Bonchev–Trinajstić information content (AvgIpc) is 3.54. The summed E-state index contributed by atoms with van der Waals surface area (Å²) in [5.41, 5.74) is 5.26. The van der Waals surface area contributed by atoms with Crippen LogP contribution < -0.4 is 14.4 Å². The molecule has 0 radical (unpaired) electrons. The number of anilines is 1. The van der Waals surface area contributed by atoms with Crippen molar-refractivity contribution >= 4 is 33.7 Å². The smallest absolute Gasteiger partial charge is 0.410 e. The molecule has 5 aromatic rings. The summed E-state index contributed by atoms with van der Waals surface area (Å²) in [5.74, 6) is 3.78. The summed E-state index contributed by atoms with van der Waals surface area (Å²) in [4.78, 5) is 27.4. The van der Waals surface area contributed by atoms with Crippen LogP contribution >= 0.6 is 0 Å². The van der Waals surface area contributed by atoms with Gasteiger partial charge in [0, 0.05) is 47.7 Å². The lowest BCUT2D eigenvalue weighted by Crippen LogP contribution is -2.50. The summed E-state index contributed by atoms with van der Waals surface area (Å²) >= 11 is 0. The number of rotatable bonds is 10. The number of benzene rings is 3. The van der Waals surface area contributed by atoms with Crippen LogP contribution in [0.5, 0.6) is 11.8 Å². The molecule has 2 bridgehead atoms. The van der Waals surface area contributed by atoms with Crippen molar-refractivity contribution in [2.24, 2.45) is 0 Å². The molecule has 2 saturated heterocycles. The number of hydrogen-bond donors (Lipinski definition) is 1. The first-order valence-electron chi connectivity index (χ1n) is 18.5. The van der Waals surface area contributed by atoms with E-state index < -0.39 is 5.60 Å².